The molecular formula is C19H16ClN3O. The van der Waals surface area contributed by atoms with Crippen LogP contribution >= 0.6 is 11.6 Å². The van der Waals surface area contributed by atoms with Gasteiger partial charge in [0.2, 0.25) is 0 Å². The van der Waals surface area contributed by atoms with Crippen LogP contribution in [-0.4, -0.2) is 11.6 Å². The average Bonchev–Trinajstić information content (AvgIpc) is 2.59. The lowest BCUT2D eigenvalue weighted by Crippen LogP contribution is -1.98. The molecule has 3 rings (SSSR count). The fourth-order valence-electron chi connectivity index (χ4n) is 2.46. The summed E-state index contributed by atoms with van der Waals surface area (Å²) in [5.74, 6) is 0.742. The Kier molecular flexibility index (Phi) is 4.54. The molecule has 0 atom stereocenters. The van der Waals surface area contributed by atoms with E-state index in [0.29, 0.717) is 22.9 Å². The molecule has 5 heteroatoms. The highest BCUT2D eigenvalue weighted by molar-refractivity contribution is 6.31. The maximum Gasteiger partial charge on any atom is 0.120 e. The lowest BCUT2D eigenvalue weighted by molar-refractivity contribution is 0.340. The van der Waals surface area contributed by atoms with Crippen molar-refractivity contribution >= 4 is 33.9 Å². The van der Waals surface area contributed by atoms with Crippen molar-refractivity contribution in [3.05, 3.63) is 58.7 Å². The molecule has 2 aromatic carbocycles. The number of hydrogen-bond donors (Lipinski definition) is 1. The van der Waals surface area contributed by atoms with E-state index in [0.717, 1.165) is 27.9 Å². The molecule has 1 heterocycles. The molecule has 120 valence electrons. The number of nitriles is 1. The fourth-order valence-corrected chi connectivity index (χ4v) is 2.64. The third-order valence-electron chi connectivity index (χ3n) is 3.71. The van der Waals surface area contributed by atoms with Crippen molar-refractivity contribution < 1.29 is 4.74 Å². The summed E-state index contributed by atoms with van der Waals surface area (Å²) in [5.41, 5.74) is 3.77. The minimum Gasteiger partial charge on any atom is -0.494 e. The van der Waals surface area contributed by atoms with Crippen LogP contribution in [0.3, 0.4) is 0 Å². The van der Waals surface area contributed by atoms with Gasteiger partial charge in [0.15, 0.2) is 0 Å². The minimum absolute atomic E-state index is 0.466. The average molecular weight is 338 g/mol. The quantitative estimate of drug-likeness (QED) is 0.710. The summed E-state index contributed by atoms with van der Waals surface area (Å²) in [6, 6.07) is 13.5. The molecule has 0 saturated heterocycles. The van der Waals surface area contributed by atoms with Gasteiger partial charge in [0.1, 0.15) is 11.8 Å². The number of rotatable bonds is 4. The summed E-state index contributed by atoms with van der Waals surface area (Å²) in [7, 11) is 0. The first-order valence-electron chi connectivity index (χ1n) is 7.61. The van der Waals surface area contributed by atoms with Gasteiger partial charge in [0, 0.05) is 22.3 Å². The Bertz CT molecular complexity index is 947. The molecule has 1 aromatic heterocycles. The number of fused-ring (bicyclic) bond motifs is 1. The lowest BCUT2D eigenvalue weighted by Gasteiger charge is -2.13. The topological polar surface area (TPSA) is 57.9 Å². The van der Waals surface area contributed by atoms with Crippen LogP contribution in [-0.2, 0) is 0 Å². The Labute approximate surface area is 145 Å². The first kappa shape index (κ1) is 16.1. The molecule has 1 N–H and O–H groups in total. The number of aryl methyl sites for hydroxylation is 1. The van der Waals surface area contributed by atoms with E-state index in [1.165, 1.54) is 0 Å². The number of benzene rings is 2. The number of pyridine rings is 1. The fraction of sp³-hybridized carbons (Fsp3) is 0.158. The zero-order valence-electron chi connectivity index (χ0n) is 13.4. The smallest absolute Gasteiger partial charge is 0.120 e. The summed E-state index contributed by atoms with van der Waals surface area (Å²) < 4.78 is 5.57. The van der Waals surface area contributed by atoms with Gasteiger partial charge in [-0.05, 0) is 49.7 Å². The van der Waals surface area contributed by atoms with Gasteiger partial charge in [0.25, 0.3) is 0 Å². The maximum atomic E-state index is 9.44. The SMILES string of the molecule is CCOc1ccc2ncc(C#N)c(Nc3ccc(C)c(Cl)c3)c2c1. The van der Waals surface area contributed by atoms with Crippen LogP contribution in [0, 0.1) is 18.3 Å². The Morgan fingerprint density at radius 3 is 2.79 bits per heavy atom. The van der Waals surface area contributed by atoms with Crippen LogP contribution in [0.2, 0.25) is 5.02 Å². The van der Waals surface area contributed by atoms with Crippen LogP contribution in [0.4, 0.5) is 11.4 Å². The normalized spacial score (nSPS) is 10.4. The van der Waals surface area contributed by atoms with Crippen molar-refractivity contribution in [1.82, 2.24) is 4.98 Å². The van der Waals surface area contributed by atoms with Crippen LogP contribution in [0.5, 0.6) is 5.75 Å². The maximum absolute atomic E-state index is 9.44. The van der Waals surface area contributed by atoms with E-state index in [1.807, 2.05) is 50.2 Å². The Hall–Kier alpha value is -2.77. The van der Waals surface area contributed by atoms with Gasteiger partial charge in [-0.3, -0.25) is 4.98 Å². The second-order valence-electron chi connectivity index (χ2n) is 5.36. The van der Waals surface area contributed by atoms with Crippen molar-refractivity contribution in [3.63, 3.8) is 0 Å². The van der Waals surface area contributed by atoms with Gasteiger partial charge in [0.05, 0.1) is 23.4 Å². The number of anilines is 2. The van der Waals surface area contributed by atoms with E-state index >= 15 is 0 Å². The third-order valence-corrected chi connectivity index (χ3v) is 4.12. The second kappa shape index (κ2) is 6.77. The van der Waals surface area contributed by atoms with Crippen LogP contribution in [0.25, 0.3) is 10.9 Å². The first-order valence-corrected chi connectivity index (χ1v) is 7.99. The van der Waals surface area contributed by atoms with E-state index < -0.39 is 0 Å². The molecule has 0 unspecified atom stereocenters. The van der Waals surface area contributed by atoms with E-state index in [1.54, 1.807) is 6.20 Å². The highest BCUT2D eigenvalue weighted by Gasteiger charge is 2.11. The molecule has 24 heavy (non-hydrogen) atoms. The van der Waals surface area contributed by atoms with Gasteiger partial charge in [-0.15, -0.1) is 0 Å². The van der Waals surface area contributed by atoms with Crippen molar-refractivity contribution in [2.45, 2.75) is 13.8 Å². The van der Waals surface area contributed by atoms with Gasteiger partial charge in [-0.1, -0.05) is 17.7 Å². The molecule has 0 radical (unpaired) electrons. The predicted molar refractivity (Wildman–Crippen MR) is 97.1 cm³/mol. The summed E-state index contributed by atoms with van der Waals surface area (Å²) >= 11 is 6.20. The van der Waals surface area contributed by atoms with Gasteiger partial charge in [-0.25, -0.2) is 0 Å². The van der Waals surface area contributed by atoms with Gasteiger partial charge < -0.3 is 10.1 Å². The van der Waals surface area contributed by atoms with E-state index in [4.69, 9.17) is 16.3 Å². The number of hydrogen-bond acceptors (Lipinski definition) is 4. The largest absolute Gasteiger partial charge is 0.494 e. The molecule has 4 nitrogen and oxygen atoms in total. The second-order valence-corrected chi connectivity index (χ2v) is 5.77. The van der Waals surface area contributed by atoms with Gasteiger partial charge in [-0.2, -0.15) is 5.26 Å². The van der Waals surface area contributed by atoms with Crippen LogP contribution in [0.1, 0.15) is 18.1 Å². The number of nitrogens with zero attached hydrogens (tertiary/aromatic N) is 2. The summed E-state index contributed by atoms with van der Waals surface area (Å²) in [6.45, 7) is 4.46. The third kappa shape index (κ3) is 3.12. The van der Waals surface area contributed by atoms with Gasteiger partial charge >= 0.3 is 0 Å². The zero-order chi connectivity index (χ0) is 17.1. The van der Waals surface area contributed by atoms with E-state index in [2.05, 4.69) is 16.4 Å². The molecule has 0 fully saturated rings. The Balaban J connectivity index is 2.14. The molecule has 0 aliphatic heterocycles. The van der Waals surface area contributed by atoms with Crippen molar-refractivity contribution in [3.8, 4) is 11.8 Å². The Morgan fingerprint density at radius 1 is 1.25 bits per heavy atom. The molecule has 0 spiro atoms. The highest BCUT2D eigenvalue weighted by Crippen LogP contribution is 2.32. The lowest BCUT2D eigenvalue weighted by atomic mass is 10.1. The number of nitrogens with one attached hydrogen (secondary N) is 1. The number of ether oxygens (including phenoxy) is 1. The molecule has 0 bridgehead atoms. The molecule has 3 aromatic rings. The van der Waals surface area contributed by atoms with Crippen molar-refractivity contribution in [2.75, 3.05) is 11.9 Å². The van der Waals surface area contributed by atoms with E-state index in [9.17, 15) is 5.26 Å². The van der Waals surface area contributed by atoms with Crippen LogP contribution < -0.4 is 10.1 Å². The predicted octanol–water partition coefficient (Wildman–Crippen LogP) is 5.21. The molecule has 0 aliphatic rings. The number of halogens is 1. The summed E-state index contributed by atoms with van der Waals surface area (Å²) in [5, 5.41) is 14.2. The highest BCUT2D eigenvalue weighted by atomic mass is 35.5. The molecular weight excluding hydrogens is 322 g/mol. The first-order chi connectivity index (χ1) is 11.6. The van der Waals surface area contributed by atoms with Crippen molar-refractivity contribution in [2.24, 2.45) is 0 Å². The molecule has 0 saturated carbocycles. The zero-order valence-corrected chi connectivity index (χ0v) is 14.2. The molecule has 0 amide bonds. The Morgan fingerprint density at radius 2 is 2.08 bits per heavy atom. The standard InChI is InChI=1S/C19H16ClN3O/c1-3-24-15-6-7-18-16(9-15)19(13(10-21)11-22-18)23-14-5-4-12(2)17(20)8-14/h4-9,11H,3H2,1-2H3,(H,22,23). The summed E-state index contributed by atoms with van der Waals surface area (Å²) in [6.07, 6.45) is 1.57. The minimum atomic E-state index is 0.466. The van der Waals surface area contributed by atoms with Crippen LogP contribution in [0.15, 0.2) is 42.6 Å². The monoisotopic (exact) mass is 337 g/mol. The van der Waals surface area contributed by atoms with E-state index in [-0.39, 0.29) is 0 Å². The van der Waals surface area contributed by atoms with Crippen molar-refractivity contribution in [1.29, 1.82) is 5.26 Å². The summed E-state index contributed by atoms with van der Waals surface area (Å²) in [4.78, 5) is 4.34. The molecule has 0 aliphatic carbocycles. The number of aromatic nitrogens is 1.